The smallest absolute Gasteiger partial charge is 0.230 e. The Kier molecular flexibility index (Phi) is 3.31. The number of terminal acetylenes is 1. The van der Waals surface area contributed by atoms with E-state index in [-0.39, 0.29) is 11.8 Å². The maximum Gasteiger partial charge on any atom is 0.230 e. The Balaban J connectivity index is 2.18. The van der Waals surface area contributed by atoms with Gasteiger partial charge in [0.1, 0.15) is 0 Å². The Morgan fingerprint density at radius 3 is 3.31 bits per heavy atom. The van der Waals surface area contributed by atoms with E-state index in [0.29, 0.717) is 6.54 Å². The molecule has 1 aromatic rings. The van der Waals surface area contributed by atoms with Crippen molar-refractivity contribution in [3.63, 3.8) is 0 Å². The third-order valence-electron chi connectivity index (χ3n) is 3.05. The number of carbonyl (C=O) groups is 1. The maximum atomic E-state index is 12.2. The van der Waals surface area contributed by atoms with Gasteiger partial charge in [0.05, 0.1) is 12.5 Å². The molecule has 1 heterocycles. The van der Waals surface area contributed by atoms with E-state index in [9.17, 15) is 4.79 Å². The number of thiophene rings is 1. The summed E-state index contributed by atoms with van der Waals surface area (Å²) in [4.78, 5) is 15.2. The Morgan fingerprint density at radius 1 is 1.75 bits per heavy atom. The number of hydrogen-bond acceptors (Lipinski definition) is 2. The summed E-state index contributed by atoms with van der Waals surface area (Å²) < 4.78 is 0. The molecule has 0 saturated carbocycles. The highest BCUT2D eigenvalue weighted by atomic mass is 32.1. The molecule has 2 nitrogen and oxygen atoms in total. The molecule has 2 rings (SSSR count). The number of fused-ring (bicyclic) bond motifs is 1. The van der Waals surface area contributed by atoms with Crippen LogP contribution >= 0.6 is 11.3 Å². The predicted molar refractivity (Wildman–Crippen MR) is 66.5 cm³/mol. The van der Waals surface area contributed by atoms with Gasteiger partial charge in [-0.1, -0.05) is 5.92 Å². The van der Waals surface area contributed by atoms with E-state index in [4.69, 9.17) is 6.42 Å². The fraction of sp³-hybridized carbons (Fsp3) is 0.462. The zero-order valence-corrected chi connectivity index (χ0v) is 10.2. The molecular weight excluding hydrogens is 218 g/mol. The molecule has 3 heteroatoms. The standard InChI is InChI=1S/C13H15NOS/c1-3-8-14(2)13(15)11-5-4-6-12-10(11)7-9-16-12/h1,7,9,11H,4-6,8H2,2H3. The molecule has 0 fully saturated rings. The van der Waals surface area contributed by atoms with Crippen LogP contribution < -0.4 is 0 Å². The number of hydrogen-bond donors (Lipinski definition) is 0. The van der Waals surface area contributed by atoms with Gasteiger partial charge in [-0.15, -0.1) is 17.8 Å². The lowest BCUT2D eigenvalue weighted by molar-refractivity contribution is -0.131. The van der Waals surface area contributed by atoms with Crippen molar-refractivity contribution in [3.8, 4) is 12.3 Å². The van der Waals surface area contributed by atoms with Gasteiger partial charge in [-0.2, -0.15) is 0 Å². The number of nitrogens with zero attached hydrogens (tertiary/aromatic N) is 1. The Labute approximate surface area is 100 Å². The highest BCUT2D eigenvalue weighted by Gasteiger charge is 2.28. The number of amides is 1. The SMILES string of the molecule is C#CCN(C)C(=O)C1CCCc2sccc21. The molecule has 0 radical (unpaired) electrons. The Morgan fingerprint density at radius 2 is 2.56 bits per heavy atom. The first-order chi connectivity index (χ1) is 7.74. The van der Waals surface area contributed by atoms with Gasteiger partial charge in [0.2, 0.25) is 5.91 Å². The van der Waals surface area contributed by atoms with Crippen molar-refractivity contribution < 1.29 is 4.79 Å². The molecule has 0 N–H and O–H groups in total. The first-order valence-electron chi connectivity index (χ1n) is 5.48. The average Bonchev–Trinajstić information content (AvgIpc) is 2.76. The van der Waals surface area contributed by atoms with Gasteiger partial charge in [0, 0.05) is 11.9 Å². The van der Waals surface area contributed by atoms with E-state index in [0.717, 1.165) is 19.3 Å². The highest BCUT2D eigenvalue weighted by Crippen LogP contribution is 2.35. The van der Waals surface area contributed by atoms with Gasteiger partial charge in [-0.3, -0.25) is 4.79 Å². The molecule has 1 atom stereocenters. The Hall–Kier alpha value is -1.27. The van der Waals surface area contributed by atoms with Gasteiger partial charge in [0.15, 0.2) is 0 Å². The van der Waals surface area contributed by atoms with E-state index in [1.54, 1.807) is 23.3 Å². The van der Waals surface area contributed by atoms with Gasteiger partial charge in [0.25, 0.3) is 0 Å². The van der Waals surface area contributed by atoms with E-state index in [1.807, 2.05) is 0 Å². The number of carbonyl (C=O) groups excluding carboxylic acids is 1. The van der Waals surface area contributed by atoms with E-state index < -0.39 is 0 Å². The molecular formula is C13H15NOS. The lowest BCUT2D eigenvalue weighted by Gasteiger charge is -2.25. The number of aryl methyl sites for hydroxylation is 1. The summed E-state index contributed by atoms with van der Waals surface area (Å²) in [5, 5.41) is 2.08. The van der Waals surface area contributed by atoms with Crippen LogP contribution in [0.25, 0.3) is 0 Å². The molecule has 84 valence electrons. The van der Waals surface area contributed by atoms with Crippen molar-refractivity contribution in [2.75, 3.05) is 13.6 Å². The van der Waals surface area contributed by atoms with Crippen LogP contribution in [0.4, 0.5) is 0 Å². The van der Waals surface area contributed by atoms with Gasteiger partial charge in [-0.25, -0.2) is 0 Å². The fourth-order valence-electron chi connectivity index (χ4n) is 2.22. The zero-order valence-electron chi connectivity index (χ0n) is 9.40. The molecule has 1 aliphatic carbocycles. The molecule has 1 amide bonds. The van der Waals surface area contributed by atoms with Crippen molar-refractivity contribution in [2.24, 2.45) is 0 Å². The topological polar surface area (TPSA) is 20.3 Å². The second-order valence-corrected chi connectivity index (χ2v) is 5.14. The molecule has 1 unspecified atom stereocenters. The van der Waals surface area contributed by atoms with Crippen molar-refractivity contribution in [1.29, 1.82) is 0 Å². The monoisotopic (exact) mass is 233 g/mol. The second-order valence-electron chi connectivity index (χ2n) is 4.14. The first kappa shape index (κ1) is 11.2. The zero-order chi connectivity index (χ0) is 11.5. The molecule has 16 heavy (non-hydrogen) atoms. The van der Waals surface area contributed by atoms with E-state index >= 15 is 0 Å². The van der Waals surface area contributed by atoms with Crippen LogP contribution in [0.1, 0.15) is 29.2 Å². The molecule has 0 aliphatic heterocycles. The second kappa shape index (κ2) is 4.71. The molecule has 0 saturated heterocycles. The van der Waals surface area contributed by atoms with Crippen molar-refractivity contribution in [2.45, 2.75) is 25.2 Å². The van der Waals surface area contributed by atoms with Crippen LogP contribution in [-0.2, 0) is 11.2 Å². The molecule has 0 spiro atoms. The average molecular weight is 233 g/mol. The van der Waals surface area contributed by atoms with Crippen molar-refractivity contribution in [3.05, 3.63) is 21.9 Å². The predicted octanol–water partition coefficient (Wildman–Crippen LogP) is 2.26. The Bertz CT molecular complexity index is 429. The summed E-state index contributed by atoms with van der Waals surface area (Å²) in [7, 11) is 1.78. The fourth-order valence-corrected chi connectivity index (χ4v) is 3.21. The first-order valence-corrected chi connectivity index (χ1v) is 6.36. The number of rotatable bonds is 2. The quantitative estimate of drug-likeness (QED) is 0.718. The molecule has 1 aliphatic rings. The maximum absolute atomic E-state index is 12.2. The van der Waals surface area contributed by atoms with Gasteiger partial charge >= 0.3 is 0 Å². The van der Waals surface area contributed by atoms with Gasteiger partial charge < -0.3 is 4.90 Å². The van der Waals surface area contributed by atoms with Crippen molar-refractivity contribution >= 4 is 17.2 Å². The summed E-state index contributed by atoms with van der Waals surface area (Å²) in [5.74, 6) is 2.71. The van der Waals surface area contributed by atoms with Crippen LogP contribution in [0, 0.1) is 12.3 Å². The summed E-state index contributed by atoms with van der Waals surface area (Å²) >= 11 is 1.76. The van der Waals surface area contributed by atoms with E-state index in [2.05, 4.69) is 17.4 Å². The van der Waals surface area contributed by atoms with E-state index in [1.165, 1.54) is 10.4 Å². The number of likely N-dealkylation sites (N-methyl/N-ethyl adjacent to an activating group) is 1. The molecule has 0 aromatic carbocycles. The van der Waals surface area contributed by atoms with Crippen LogP contribution in [0.15, 0.2) is 11.4 Å². The van der Waals surface area contributed by atoms with Crippen LogP contribution in [0.2, 0.25) is 0 Å². The summed E-state index contributed by atoms with van der Waals surface area (Å²) in [5.41, 5.74) is 1.23. The largest absolute Gasteiger partial charge is 0.334 e. The minimum absolute atomic E-state index is 0.0355. The third-order valence-corrected chi connectivity index (χ3v) is 4.05. The molecule has 0 bridgehead atoms. The summed E-state index contributed by atoms with van der Waals surface area (Å²) in [6.45, 7) is 0.398. The summed E-state index contributed by atoms with van der Waals surface area (Å²) in [6, 6.07) is 2.09. The van der Waals surface area contributed by atoms with Crippen LogP contribution in [0.5, 0.6) is 0 Å². The van der Waals surface area contributed by atoms with Crippen molar-refractivity contribution in [1.82, 2.24) is 4.90 Å². The summed E-state index contributed by atoms with van der Waals surface area (Å²) in [6.07, 6.45) is 8.41. The van der Waals surface area contributed by atoms with Crippen LogP contribution in [0.3, 0.4) is 0 Å². The van der Waals surface area contributed by atoms with Crippen LogP contribution in [-0.4, -0.2) is 24.4 Å². The highest BCUT2D eigenvalue weighted by molar-refractivity contribution is 7.10. The third kappa shape index (κ3) is 1.98. The van der Waals surface area contributed by atoms with Gasteiger partial charge in [-0.05, 0) is 36.3 Å². The lowest BCUT2D eigenvalue weighted by atomic mass is 9.87. The minimum Gasteiger partial charge on any atom is -0.334 e. The lowest BCUT2D eigenvalue weighted by Crippen LogP contribution is -2.33. The minimum atomic E-state index is 0.0355. The molecule has 1 aromatic heterocycles. The normalized spacial score (nSPS) is 18.6.